The van der Waals surface area contributed by atoms with Crippen LogP contribution in [0.1, 0.15) is 20.8 Å². The second-order valence-electron chi connectivity index (χ2n) is 3.64. The summed E-state index contributed by atoms with van der Waals surface area (Å²) in [5.41, 5.74) is 6.23. The first-order chi connectivity index (χ1) is 7.86. The van der Waals surface area contributed by atoms with Crippen LogP contribution in [0.25, 0.3) is 0 Å². The molecule has 92 valence electrons. The van der Waals surface area contributed by atoms with Gasteiger partial charge in [-0.15, -0.1) is 0 Å². The van der Waals surface area contributed by atoms with Gasteiger partial charge < -0.3 is 10.5 Å². The fourth-order valence-corrected chi connectivity index (χ4v) is 0.901. The van der Waals surface area contributed by atoms with E-state index >= 15 is 0 Å². The van der Waals surface area contributed by atoms with Crippen molar-refractivity contribution in [2.75, 3.05) is 0 Å². The molecule has 0 fully saturated rings. The predicted molar refractivity (Wildman–Crippen MR) is 70.2 cm³/mol. The average molecular weight is 234 g/mol. The molecule has 0 saturated carbocycles. The highest BCUT2D eigenvalue weighted by atomic mass is 16.5. The second-order valence-corrected chi connectivity index (χ2v) is 3.64. The van der Waals surface area contributed by atoms with Crippen LogP contribution in [0.4, 0.5) is 0 Å². The van der Waals surface area contributed by atoms with E-state index in [2.05, 4.69) is 18.3 Å². The highest BCUT2D eigenvalue weighted by Gasteiger charge is 2.02. The van der Waals surface area contributed by atoms with Crippen LogP contribution in [0.2, 0.25) is 0 Å². The zero-order chi connectivity index (χ0) is 13.4. The molecule has 0 aliphatic rings. The van der Waals surface area contributed by atoms with Gasteiger partial charge in [0, 0.05) is 6.08 Å². The standard InChI is InChI=1S/C13H18N2O2/c1-9(2)6-7-10(3)17-11(4)8-12(15-5)13(14)16/h6-8H,4-5H2,1-3H3,(H2,14,16)/b10-7+,12-8-. The Bertz CT molecular complexity index is 411. The number of primary amides is 1. The molecular formula is C13H18N2O2. The van der Waals surface area contributed by atoms with E-state index in [0.29, 0.717) is 5.76 Å². The van der Waals surface area contributed by atoms with Crippen LogP contribution in [0.3, 0.4) is 0 Å². The fraction of sp³-hybridized carbons (Fsp3) is 0.231. The predicted octanol–water partition coefficient (Wildman–Crippen LogP) is 2.46. The van der Waals surface area contributed by atoms with E-state index < -0.39 is 5.91 Å². The molecule has 0 saturated heterocycles. The van der Waals surface area contributed by atoms with Gasteiger partial charge in [0.25, 0.3) is 5.91 Å². The third-order valence-corrected chi connectivity index (χ3v) is 1.66. The number of amides is 1. The summed E-state index contributed by atoms with van der Waals surface area (Å²) < 4.78 is 5.33. The number of rotatable bonds is 6. The molecule has 0 bridgehead atoms. The lowest BCUT2D eigenvalue weighted by molar-refractivity contribution is -0.114. The topological polar surface area (TPSA) is 64.7 Å². The summed E-state index contributed by atoms with van der Waals surface area (Å²) in [5, 5.41) is 0. The first-order valence-electron chi connectivity index (χ1n) is 5.03. The molecule has 4 heteroatoms. The first kappa shape index (κ1) is 14.9. The first-order valence-corrected chi connectivity index (χ1v) is 5.03. The second kappa shape index (κ2) is 7.22. The number of hydrogen-bond acceptors (Lipinski definition) is 3. The van der Waals surface area contributed by atoms with Crippen LogP contribution in [-0.4, -0.2) is 12.6 Å². The van der Waals surface area contributed by atoms with E-state index in [0.717, 1.165) is 5.57 Å². The smallest absolute Gasteiger partial charge is 0.267 e. The fourth-order valence-electron chi connectivity index (χ4n) is 0.901. The van der Waals surface area contributed by atoms with Gasteiger partial charge >= 0.3 is 0 Å². The van der Waals surface area contributed by atoms with Crippen molar-refractivity contribution in [1.82, 2.24) is 0 Å². The molecule has 0 aromatic heterocycles. The summed E-state index contributed by atoms with van der Waals surface area (Å²) in [6.45, 7) is 12.6. The van der Waals surface area contributed by atoms with Crippen molar-refractivity contribution in [1.29, 1.82) is 0 Å². The monoisotopic (exact) mass is 234 g/mol. The van der Waals surface area contributed by atoms with Gasteiger partial charge in [-0.1, -0.05) is 18.2 Å². The van der Waals surface area contributed by atoms with Gasteiger partial charge in [-0.05, 0) is 33.6 Å². The lowest BCUT2D eigenvalue weighted by Crippen LogP contribution is -2.12. The zero-order valence-corrected chi connectivity index (χ0v) is 10.5. The van der Waals surface area contributed by atoms with Gasteiger partial charge in [0.2, 0.25) is 0 Å². The summed E-state index contributed by atoms with van der Waals surface area (Å²) in [4.78, 5) is 14.3. The van der Waals surface area contributed by atoms with E-state index in [1.807, 2.05) is 19.9 Å². The third-order valence-electron chi connectivity index (χ3n) is 1.66. The van der Waals surface area contributed by atoms with E-state index in [9.17, 15) is 4.79 Å². The Morgan fingerprint density at radius 1 is 1.29 bits per heavy atom. The van der Waals surface area contributed by atoms with Crippen LogP contribution in [0, 0.1) is 0 Å². The Morgan fingerprint density at radius 2 is 1.88 bits per heavy atom. The minimum Gasteiger partial charge on any atom is -0.463 e. The Labute approximate surface area is 102 Å². The SMILES string of the molecule is C=N/C(=C\C(=C)O/C(C)=C/C=C(C)C)C(N)=O. The third kappa shape index (κ3) is 6.89. The zero-order valence-electron chi connectivity index (χ0n) is 10.5. The molecule has 0 unspecified atom stereocenters. The molecule has 4 nitrogen and oxygen atoms in total. The molecule has 0 heterocycles. The van der Waals surface area contributed by atoms with E-state index in [1.165, 1.54) is 6.08 Å². The summed E-state index contributed by atoms with van der Waals surface area (Å²) in [5.74, 6) is 0.262. The van der Waals surface area contributed by atoms with Gasteiger partial charge in [-0.3, -0.25) is 9.79 Å². The molecule has 0 aromatic carbocycles. The molecule has 1 amide bonds. The lowest BCUT2D eigenvalue weighted by Gasteiger charge is -2.05. The van der Waals surface area contributed by atoms with Crippen molar-refractivity contribution in [3.8, 4) is 0 Å². The van der Waals surface area contributed by atoms with E-state index in [-0.39, 0.29) is 11.5 Å². The Hall–Kier alpha value is -2.10. The summed E-state index contributed by atoms with van der Waals surface area (Å²) in [6.07, 6.45) is 5.06. The molecule has 0 aromatic rings. The highest BCUT2D eigenvalue weighted by molar-refractivity contribution is 5.92. The van der Waals surface area contributed by atoms with E-state index in [1.54, 1.807) is 13.0 Å². The van der Waals surface area contributed by atoms with Crippen LogP contribution in [-0.2, 0) is 9.53 Å². The molecule has 2 N–H and O–H groups in total. The minimum absolute atomic E-state index is 0.0185. The van der Waals surface area contributed by atoms with Crippen molar-refractivity contribution in [3.05, 3.63) is 47.6 Å². The van der Waals surface area contributed by atoms with Gasteiger partial charge in [-0.2, -0.15) is 0 Å². The maximum atomic E-state index is 10.9. The molecule has 0 rings (SSSR count). The maximum Gasteiger partial charge on any atom is 0.267 e. The Morgan fingerprint density at radius 3 is 2.29 bits per heavy atom. The number of hydrogen-bond donors (Lipinski definition) is 1. The Balaban J connectivity index is 4.67. The maximum absolute atomic E-state index is 10.9. The lowest BCUT2D eigenvalue weighted by atomic mass is 10.3. The molecule has 0 spiro atoms. The van der Waals surface area contributed by atoms with Crippen LogP contribution in [0.5, 0.6) is 0 Å². The van der Waals surface area contributed by atoms with Crippen LogP contribution >= 0.6 is 0 Å². The summed E-state index contributed by atoms with van der Waals surface area (Å²) in [6, 6.07) is 0. The molecule has 0 aliphatic heterocycles. The number of aliphatic imine (C=N–C) groups is 1. The van der Waals surface area contributed by atoms with Crippen LogP contribution < -0.4 is 5.73 Å². The number of nitrogens with two attached hydrogens (primary N) is 1. The van der Waals surface area contributed by atoms with Gasteiger partial charge in [0.05, 0.1) is 0 Å². The number of ether oxygens (including phenoxy) is 1. The van der Waals surface area contributed by atoms with Gasteiger partial charge in [-0.25, -0.2) is 0 Å². The normalized spacial score (nSPS) is 11.7. The van der Waals surface area contributed by atoms with Crippen LogP contribution in [0.15, 0.2) is 52.6 Å². The molecular weight excluding hydrogens is 216 g/mol. The van der Waals surface area contributed by atoms with Gasteiger partial charge in [0.15, 0.2) is 0 Å². The van der Waals surface area contributed by atoms with Crippen molar-refractivity contribution < 1.29 is 9.53 Å². The largest absolute Gasteiger partial charge is 0.463 e. The highest BCUT2D eigenvalue weighted by Crippen LogP contribution is 2.09. The van der Waals surface area contributed by atoms with Crippen molar-refractivity contribution in [2.45, 2.75) is 20.8 Å². The minimum atomic E-state index is -0.671. The average Bonchev–Trinajstić information content (AvgIpc) is 2.22. The number of allylic oxidation sites excluding steroid dienone is 5. The Kier molecular flexibility index (Phi) is 6.33. The number of carbonyl (C=O) groups is 1. The summed E-state index contributed by atoms with van der Waals surface area (Å²) >= 11 is 0. The van der Waals surface area contributed by atoms with Gasteiger partial charge in [0.1, 0.15) is 17.2 Å². The number of nitrogens with zero attached hydrogens (tertiary/aromatic N) is 1. The molecule has 17 heavy (non-hydrogen) atoms. The molecule has 0 radical (unpaired) electrons. The number of carbonyl (C=O) groups excluding carboxylic acids is 1. The van der Waals surface area contributed by atoms with Crippen molar-refractivity contribution in [2.24, 2.45) is 10.7 Å². The van der Waals surface area contributed by atoms with Crippen molar-refractivity contribution in [3.63, 3.8) is 0 Å². The van der Waals surface area contributed by atoms with Crippen molar-refractivity contribution >= 4 is 12.6 Å². The quantitative estimate of drug-likeness (QED) is 0.332. The molecule has 0 aliphatic carbocycles. The molecule has 0 atom stereocenters. The summed E-state index contributed by atoms with van der Waals surface area (Å²) in [7, 11) is 0. The van der Waals surface area contributed by atoms with E-state index in [4.69, 9.17) is 10.5 Å².